The van der Waals surface area contributed by atoms with Gasteiger partial charge in [-0.2, -0.15) is 0 Å². The SMILES string of the molecule is CNC1CC(c2ccc(F)c(F)c2)Oc2cc(F)ccc21. The number of benzene rings is 2. The molecule has 2 aromatic carbocycles. The molecule has 5 heteroatoms. The van der Waals surface area contributed by atoms with Crippen LogP contribution in [0.3, 0.4) is 0 Å². The molecule has 0 aromatic heterocycles. The lowest BCUT2D eigenvalue weighted by molar-refractivity contribution is 0.152. The van der Waals surface area contributed by atoms with Gasteiger partial charge in [0.05, 0.1) is 0 Å². The van der Waals surface area contributed by atoms with Gasteiger partial charge in [0.2, 0.25) is 0 Å². The van der Waals surface area contributed by atoms with Crippen LogP contribution in [0.25, 0.3) is 0 Å². The van der Waals surface area contributed by atoms with E-state index in [1.165, 1.54) is 18.2 Å². The second kappa shape index (κ2) is 5.41. The molecule has 2 unspecified atom stereocenters. The zero-order valence-electron chi connectivity index (χ0n) is 11.4. The number of ether oxygens (including phenoxy) is 1. The highest BCUT2D eigenvalue weighted by Gasteiger charge is 2.29. The van der Waals surface area contributed by atoms with Crippen LogP contribution in [0.15, 0.2) is 36.4 Å². The van der Waals surface area contributed by atoms with E-state index >= 15 is 0 Å². The number of nitrogens with one attached hydrogen (secondary N) is 1. The monoisotopic (exact) mass is 293 g/mol. The van der Waals surface area contributed by atoms with E-state index in [1.807, 2.05) is 0 Å². The summed E-state index contributed by atoms with van der Waals surface area (Å²) in [6.45, 7) is 0. The molecule has 0 amide bonds. The molecule has 1 heterocycles. The Hall–Kier alpha value is -2.01. The van der Waals surface area contributed by atoms with Crippen LogP contribution in [0.4, 0.5) is 13.2 Å². The minimum Gasteiger partial charge on any atom is -0.485 e. The average molecular weight is 293 g/mol. The molecule has 0 bridgehead atoms. The smallest absolute Gasteiger partial charge is 0.159 e. The molecule has 1 N–H and O–H groups in total. The second-order valence-corrected chi connectivity index (χ2v) is 5.04. The summed E-state index contributed by atoms with van der Waals surface area (Å²) in [4.78, 5) is 0. The van der Waals surface area contributed by atoms with Crippen molar-refractivity contribution in [2.45, 2.75) is 18.6 Å². The van der Waals surface area contributed by atoms with Gasteiger partial charge in [0, 0.05) is 24.1 Å². The van der Waals surface area contributed by atoms with Crippen LogP contribution < -0.4 is 10.1 Å². The van der Waals surface area contributed by atoms with Crippen molar-refractivity contribution in [2.24, 2.45) is 0 Å². The normalized spacial score (nSPS) is 20.8. The van der Waals surface area contributed by atoms with Gasteiger partial charge >= 0.3 is 0 Å². The molecular formula is C16H14F3NO. The fourth-order valence-electron chi connectivity index (χ4n) is 2.63. The van der Waals surface area contributed by atoms with E-state index in [0.717, 1.165) is 17.7 Å². The van der Waals surface area contributed by atoms with Gasteiger partial charge < -0.3 is 10.1 Å². The van der Waals surface area contributed by atoms with Gasteiger partial charge in [-0.25, -0.2) is 13.2 Å². The second-order valence-electron chi connectivity index (χ2n) is 5.04. The molecule has 110 valence electrons. The Morgan fingerprint density at radius 3 is 2.57 bits per heavy atom. The van der Waals surface area contributed by atoms with Crippen LogP contribution in [0.2, 0.25) is 0 Å². The molecular weight excluding hydrogens is 279 g/mol. The quantitative estimate of drug-likeness (QED) is 0.907. The average Bonchev–Trinajstić information content (AvgIpc) is 2.48. The fraction of sp³-hybridized carbons (Fsp3) is 0.250. The lowest BCUT2D eigenvalue weighted by atomic mass is 9.93. The molecule has 0 aliphatic carbocycles. The summed E-state index contributed by atoms with van der Waals surface area (Å²) < 4.78 is 45.5. The number of rotatable bonds is 2. The van der Waals surface area contributed by atoms with E-state index in [4.69, 9.17) is 4.74 Å². The molecule has 2 nitrogen and oxygen atoms in total. The van der Waals surface area contributed by atoms with Crippen LogP contribution >= 0.6 is 0 Å². The lowest BCUT2D eigenvalue weighted by Gasteiger charge is -2.32. The van der Waals surface area contributed by atoms with Gasteiger partial charge in [-0.3, -0.25) is 0 Å². The third kappa shape index (κ3) is 2.61. The predicted octanol–water partition coefficient (Wildman–Crippen LogP) is 3.89. The van der Waals surface area contributed by atoms with Crippen LogP contribution in [-0.4, -0.2) is 7.05 Å². The van der Waals surface area contributed by atoms with Crippen molar-refractivity contribution in [1.29, 1.82) is 0 Å². The Kier molecular flexibility index (Phi) is 3.59. The van der Waals surface area contributed by atoms with Crippen molar-refractivity contribution >= 4 is 0 Å². The van der Waals surface area contributed by atoms with Crippen molar-refractivity contribution in [3.63, 3.8) is 0 Å². The zero-order valence-corrected chi connectivity index (χ0v) is 11.4. The standard InChI is InChI=1S/C16H14F3NO/c1-20-14-8-15(9-2-5-12(18)13(19)6-9)21-16-7-10(17)3-4-11(14)16/h2-7,14-15,20H,8H2,1H3. The number of hydrogen-bond donors (Lipinski definition) is 1. The molecule has 0 saturated heterocycles. The molecule has 3 rings (SSSR count). The molecule has 0 radical (unpaired) electrons. The summed E-state index contributed by atoms with van der Waals surface area (Å²) >= 11 is 0. The third-order valence-electron chi connectivity index (χ3n) is 3.73. The Morgan fingerprint density at radius 1 is 1.05 bits per heavy atom. The first-order valence-corrected chi connectivity index (χ1v) is 6.67. The topological polar surface area (TPSA) is 21.3 Å². The largest absolute Gasteiger partial charge is 0.485 e. The van der Waals surface area contributed by atoms with Crippen LogP contribution in [0, 0.1) is 17.5 Å². The maximum absolute atomic E-state index is 13.4. The minimum atomic E-state index is -0.915. The Morgan fingerprint density at radius 2 is 1.86 bits per heavy atom. The highest BCUT2D eigenvalue weighted by molar-refractivity contribution is 5.40. The van der Waals surface area contributed by atoms with Crippen LogP contribution in [0.1, 0.15) is 29.7 Å². The molecule has 2 atom stereocenters. The summed E-state index contributed by atoms with van der Waals surface area (Å²) in [6.07, 6.45) is 0.104. The van der Waals surface area contributed by atoms with Gasteiger partial charge in [0.1, 0.15) is 17.7 Å². The van der Waals surface area contributed by atoms with Crippen molar-refractivity contribution in [2.75, 3.05) is 7.05 Å². The molecule has 1 aliphatic rings. The molecule has 0 saturated carbocycles. The summed E-state index contributed by atoms with van der Waals surface area (Å²) in [5.41, 5.74) is 1.39. The molecule has 2 aromatic rings. The first kappa shape index (κ1) is 13.9. The molecule has 0 spiro atoms. The van der Waals surface area contributed by atoms with Gasteiger partial charge in [-0.15, -0.1) is 0 Å². The van der Waals surface area contributed by atoms with Crippen molar-refractivity contribution in [3.05, 3.63) is 65.0 Å². The molecule has 0 fully saturated rings. The minimum absolute atomic E-state index is 0.0348. The maximum atomic E-state index is 13.4. The lowest BCUT2D eigenvalue weighted by Crippen LogP contribution is -2.27. The van der Waals surface area contributed by atoms with E-state index in [0.29, 0.717) is 17.7 Å². The summed E-state index contributed by atoms with van der Waals surface area (Å²) in [5.74, 6) is -1.78. The van der Waals surface area contributed by atoms with Gasteiger partial charge in [-0.1, -0.05) is 12.1 Å². The van der Waals surface area contributed by atoms with Crippen molar-refractivity contribution in [3.8, 4) is 5.75 Å². The zero-order chi connectivity index (χ0) is 15.0. The van der Waals surface area contributed by atoms with E-state index in [2.05, 4.69) is 5.32 Å². The summed E-state index contributed by atoms with van der Waals surface area (Å²) in [7, 11) is 1.80. The maximum Gasteiger partial charge on any atom is 0.159 e. The number of fused-ring (bicyclic) bond motifs is 1. The number of halogens is 3. The van der Waals surface area contributed by atoms with E-state index in [-0.39, 0.29) is 6.04 Å². The van der Waals surface area contributed by atoms with Gasteiger partial charge in [0.15, 0.2) is 11.6 Å². The predicted molar refractivity (Wildman–Crippen MR) is 72.5 cm³/mol. The number of hydrogen-bond acceptors (Lipinski definition) is 2. The van der Waals surface area contributed by atoms with Crippen molar-refractivity contribution in [1.82, 2.24) is 5.32 Å². The van der Waals surface area contributed by atoms with E-state index in [1.54, 1.807) is 13.1 Å². The van der Waals surface area contributed by atoms with Gasteiger partial charge in [0.25, 0.3) is 0 Å². The van der Waals surface area contributed by atoms with Crippen LogP contribution in [-0.2, 0) is 0 Å². The Bertz CT molecular complexity index is 675. The summed E-state index contributed by atoms with van der Waals surface area (Å²) in [6, 6.07) is 8.01. The molecule has 1 aliphatic heterocycles. The highest BCUT2D eigenvalue weighted by Crippen LogP contribution is 2.41. The highest BCUT2D eigenvalue weighted by atomic mass is 19.2. The molecule has 21 heavy (non-hydrogen) atoms. The third-order valence-corrected chi connectivity index (χ3v) is 3.73. The van der Waals surface area contributed by atoms with Crippen LogP contribution in [0.5, 0.6) is 5.75 Å². The van der Waals surface area contributed by atoms with Gasteiger partial charge in [-0.05, 0) is 30.8 Å². The first-order chi connectivity index (χ1) is 10.1. The van der Waals surface area contributed by atoms with E-state index in [9.17, 15) is 13.2 Å². The van der Waals surface area contributed by atoms with Crippen molar-refractivity contribution < 1.29 is 17.9 Å². The first-order valence-electron chi connectivity index (χ1n) is 6.67. The fourth-order valence-corrected chi connectivity index (χ4v) is 2.63. The van der Waals surface area contributed by atoms with E-state index < -0.39 is 23.6 Å². The Balaban J connectivity index is 1.97. The Labute approximate surface area is 120 Å². The summed E-state index contributed by atoms with van der Waals surface area (Å²) in [5, 5.41) is 3.14.